The third-order valence-electron chi connectivity index (χ3n) is 4.85. The van der Waals surface area contributed by atoms with Gasteiger partial charge in [0.2, 0.25) is 0 Å². The Morgan fingerprint density at radius 3 is 2.74 bits per heavy atom. The van der Waals surface area contributed by atoms with Gasteiger partial charge < -0.3 is 19.4 Å². The molecule has 1 aliphatic heterocycles. The number of amides is 1. The smallest absolute Gasteiger partial charge is 0.256 e. The first-order chi connectivity index (χ1) is 13.3. The van der Waals surface area contributed by atoms with Crippen LogP contribution in [0.3, 0.4) is 0 Å². The second-order valence-electron chi connectivity index (χ2n) is 6.59. The lowest BCUT2D eigenvalue weighted by Crippen LogP contribution is -2.41. The lowest BCUT2D eigenvalue weighted by atomic mass is 10.1. The van der Waals surface area contributed by atoms with Crippen molar-refractivity contribution < 1.29 is 14.3 Å². The molecular weight excluding hydrogens is 342 g/mol. The van der Waals surface area contributed by atoms with Gasteiger partial charge in [-0.05, 0) is 31.2 Å². The molecule has 1 aliphatic rings. The quantitative estimate of drug-likeness (QED) is 0.749. The minimum atomic E-state index is 0.0439. The van der Waals surface area contributed by atoms with Crippen LogP contribution in [0, 0.1) is 0 Å². The van der Waals surface area contributed by atoms with Gasteiger partial charge in [-0.1, -0.05) is 12.1 Å². The molecule has 0 atom stereocenters. The average molecular weight is 365 g/mol. The van der Waals surface area contributed by atoms with Gasteiger partial charge in [0.1, 0.15) is 11.8 Å². The predicted octanol–water partition coefficient (Wildman–Crippen LogP) is 3.65. The van der Waals surface area contributed by atoms with Gasteiger partial charge in [-0.2, -0.15) is 0 Å². The highest BCUT2D eigenvalue weighted by atomic mass is 16.5. The number of fused-ring (bicyclic) bond motifs is 1. The van der Waals surface area contributed by atoms with E-state index in [1.54, 1.807) is 12.4 Å². The molecule has 0 radical (unpaired) electrons. The van der Waals surface area contributed by atoms with Gasteiger partial charge in [0.25, 0.3) is 5.91 Å². The normalized spacial score (nSPS) is 15.1. The standard InChI is InChI=1S/C21H23N3O3/c1-2-26-18-7-3-4-8-19(18)27-15-9-12-24(13-10-15)21(25)17-14-23-20-16(17)6-5-11-22-20/h3-8,11,14-15H,2,9-10,12-13H2,1H3,(H,22,23). The average Bonchev–Trinajstić information content (AvgIpc) is 3.14. The van der Waals surface area contributed by atoms with E-state index in [0.717, 1.165) is 35.4 Å². The minimum absolute atomic E-state index is 0.0439. The van der Waals surface area contributed by atoms with Crippen molar-refractivity contribution in [2.24, 2.45) is 0 Å². The predicted molar refractivity (Wildman–Crippen MR) is 103 cm³/mol. The molecule has 4 rings (SSSR count). The first-order valence-corrected chi connectivity index (χ1v) is 9.36. The van der Waals surface area contributed by atoms with Crippen LogP contribution in [-0.4, -0.2) is 46.6 Å². The van der Waals surface area contributed by atoms with E-state index in [1.807, 2.05) is 48.2 Å². The topological polar surface area (TPSA) is 67.5 Å². The Balaban J connectivity index is 1.40. The maximum absolute atomic E-state index is 12.9. The van der Waals surface area contributed by atoms with E-state index in [4.69, 9.17) is 9.47 Å². The number of pyridine rings is 1. The molecule has 3 aromatic rings. The zero-order valence-electron chi connectivity index (χ0n) is 15.4. The van der Waals surface area contributed by atoms with E-state index < -0.39 is 0 Å². The molecule has 1 saturated heterocycles. The van der Waals surface area contributed by atoms with Gasteiger partial charge in [0.15, 0.2) is 11.5 Å². The summed E-state index contributed by atoms with van der Waals surface area (Å²) in [5.41, 5.74) is 1.42. The summed E-state index contributed by atoms with van der Waals surface area (Å²) in [6.45, 7) is 3.91. The first-order valence-electron chi connectivity index (χ1n) is 9.36. The van der Waals surface area contributed by atoms with Gasteiger partial charge in [-0.25, -0.2) is 4.98 Å². The number of likely N-dealkylation sites (tertiary alicyclic amines) is 1. The van der Waals surface area contributed by atoms with Crippen LogP contribution < -0.4 is 9.47 Å². The Morgan fingerprint density at radius 2 is 1.96 bits per heavy atom. The third-order valence-corrected chi connectivity index (χ3v) is 4.85. The van der Waals surface area contributed by atoms with Crippen molar-refractivity contribution in [3.05, 3.63) is 54.4 Å². The first kappa shape index (κ1) is 17.4. The molecule has 0 saturated carbocycles. The number of nitrogens with one attached hydrogen (secondary N) is 1. The lowest BCUT2D eigenvalue weighted by Gasteiger charge is -2.32. The van der Waals surface area contributed by atoms with Crippen molar-refractivity contribution >= 4 is 16.9 Å². The molecule has 27 heavy (non-hydrogen) atoms. The summed E-state index contributed by atoms with van der Waals surface area (Å²) in [4.78, 5) is 22.1. The number of benzene rings is 1. The van der Waals surface area contributed by atoms with Gasteiger partial charge in [0.05, 0.1) is 12.2 Å². The van der Waals surface area contributed by atoms with E-state index >= 15 is 0 Å². The number of hydrogen-bond donors (Lipinski definition) is 1. The van der Waals surface area contributed by atoms with Crippen LogP contribution in [0.1, 0.15) is 30.1 Å². The van der Waals surface area contributed by atoms with Crippen molar-refractivity contribution in [2.75, 3.05) is 19.7 Å². The van der Waals surface area contributed by atoms with Crippen LogP contribution in [0.5, 0.6) is 11.5 Å². The number of aromatic amines is 1. The molecule has 0 bridgehead atoms. The van der Waals surface area contributed by atoms with Crippen LogP contribution >= 0.6 is 0 Å². The number of ether oxygens (including phenoxy) is 2. The summed E-state index contributed by atoms with van der Waals surface area (Å²) in [5.74, 6) is 1.58. The maximum Gasteiger partial charge on any atom is 0.256 e. The number of carbonyl (C=O) groups is 1. The van der Waals surface area contributed by atoms with Crippen LogP contribution in [0.4, 0.5) is 0 Å². The summed E-state index contributed by atoms with van der Waals surface area (Å²) >= 11 is 0. The molecule has 140 valence electrons. The Bertz CT molecular complexity index is 929. The number of carbonyl (C=O) groups excluding carboxylic acids is 1. The molecule has 0 unspecified atom stereocenters. The van der Waals surface area contributed by atoms with E-state index in [1.165, 1.54) is 0 Å². The molecule has 0 spiro atoms. The van der Waals surface area contributed by atoms with Gasteiger partial charge in [0, 0.05) is 43.7 Å². The van der Waals surface area contributed by atoms with Crippen LogP contribution in [-0.2, 0) is 0 Å². The fourth-order valence-corrected chi connectivity index (χ4v) is 3.48. The number of hydrogen-bond acceptors (Lipinski definition) is 4. The summed E-state index contributed by atoms with van der Waals surface area (Å²) in [5, 5.41) is 0.867. The number of para-hydroxylation sites is 2. The fraction of sp³-hybridized carbons (Fsp3) is 0.333. The van der Waals surface area contributed by atoms with Gasteiger partial charge in [-0.15, -0.1) is 0 Å². The zero-order chi connectivity index (χ0) is 18.6. The van der Waals surface area contributed by atoms with E-state index in [9.17, 15) is 4.79 Å². The second-order valence-corrected chi connectivity index (χ2v) is 6.59. The molecule has 6 nitrogen and oxygen atoms in total. The van der Waals surface area contributed by atoms with Crippen molar-refractivity contribution in [1.82, 2.24) is 14.9 Å². The SMILES string of the molecule is CCOc1ccccc1OC1CCN(C(=O)c2c[nH]c3ncccc23)CC1. The highest BCUT2D eigenvalue weighted by Gasteiger charge is 2.26. The van der Waals surface area contributed by atoms with E-state index in [2.05, 4.69) is 9.97 Å². The molecule has 1 amide bonds. The second kappa shape index (κ2) is 7.70. The molecule has 1 fully saturated rings. The number of rotatable bonds is 5. The molecular formula is C21H23N3O3. The summed E-state index contributed by atoms with van der Waals surface area (Å²) in [6.07, 6.45) is 5.15. The Hall–Kier alpha value is -3.02. The number of nitrogens with zero attached hydrogens (tertiary/aromatic N) is 2. The molecule has 3 heterocycles. The highest BCUT2D eigenvalue weighted by Crippen LogP contribution is 2.29. The van der Waals surface area contributed by atoms with Crippen molar-refractivity contribution in [3.63, 3.8) is 0 Å². The van der Waals surface area contributed by atoms with Crippen molar-refractivity contribution in [2.45, 2.75) is 25.9 Å². The Labute approximate surface area is 158 Å². The Morgan fingerprint density at radius 1 is 1.19 bits per heavy atom. The third kappa shape index (κ3) is 3.60. The van der Waals surface area contributed by atoms with Crippen LogP contribution in [0.2, 0.25) is 0 Å². The van der Waals surface area contributed by atoms with Gasteiger partial charge >= 0.3 is 0 Å². The highest BCUT2D eigenvalue weighted by molar-refractivity contribution is 6.05. The molecule has 1 aromatic carbocycles. The van der Waals surface area contributed by atoms with Crippen LogP contribution in [0.25, 0.3) is 11.0 Å². The number of aromatic nitrogens is 2. The zero-order valence-corrected chi connectivity index (χ0v) is 15.4. The van der Waals surface area contributed by atoms with E-state index in [-0.39, 0.29) is 12.0 Å². The Kier molecular flexibility index (Phi) is 4.96. The molecule has 1 N–H and O–H groups in total. The monoisotopic (exact) mass is 365 g/mol. The summed E-state index contributed by atoms with van der Waals surface area (Å²) in [7, 11) is 0. The van der Waals surface area contributed by atoms with Gasteiger partial charge in [-0.3, -0.25) is 4.79 Å². The lowest BCUT2D eigenvalue weighted by molar-refractivity contribution is 0.0591. The number of piperidine rings is 1. The largest absolute Gasteiger partial charge is 0.490 e. The van der Waals surface area contributed by atoms with Crippen molar-refractivity contribution in [1.29, 1.82) is 0 Å². The summed E-state index contributed by atoms with van der Waals surface area (Å²) < 4.78 is 11.8. The molecule has 2 aromatic heterocycles. The fourth-order valence-electron chi connectivity index (χ4n) is 3.48. The molecule has 0 aliphatic carbocycles. The van der Waals surface area contributed by atoms with E-state index in [0.29, 0.717) is 25.3 Å². The number of H-pyrrole nitrogens is 1. The minimum Gasteiger partial charge on any atom is -0.490 e. The van der Waals surface area contributed by atoms with Crippen LogP contribution in [0.15, 0.2) is 48.8 Å². The molecule has 6 heteroatoms. The maximum atomic E-state index is 12.9. The summed E-state index contributed by atoms with van der Waals surface area (Å²) in [6, 6.07) is 11.5. The van der Waals surface area contributed by atoms with Crippen molar-refractivity contribution in [3.8, 4) is 11.5 Å².